The molecule has 1 aliphatic carbocycles. The average molecular weight is 410 g/mol. The lowest BCUT2D eigenvalue weighted by Crippen LogP contribution is -2.40. The Labute approximate surface area is 175 Å². The molecule has 3 heterocycles. The zero-order valence-electron chi connectivity index (χ0n) is 16.5. The highest BCUT2D eigenvalue weighted by Crippen LogP contribution is 2.59. The first kappa shape index (κ1) is 19.8. The van der Waals surface area contributed by atoms with E-state index in [9.17, 15) is 9.59 Å². The Morgan fingerprint density at radius 2 is 2.03 bits per heavy atom. The van der Waals surface area contributed by atoms with Crippen molar-refractivity contribution in [3.63, 3.8) is 0 Å². The highest BCUT2D eigenvalue weighted by atomic mass is 32.1. The number of pyridine rings is 1. The molecular weight excluding hydrogens is 382 g/mol. The minimum absolute atomic E-state index is 0.0750. The van der Waals surface area contributed by atoms with Crippen LogP contribution in [0.3, 0.4) is 0 Å². The molecule has 0 radical (unpaired) electrons. The summed E-state index contributed by atoms with van der Waals surface area (Å²) in [6.07, 6.45) is 11.9. The maximum absolute atomic E-state index is 12.5. The van der Waals surface area contributed by atoms with Gasteiger partial charge in [0.1, 0.15) is 0 Å². The fourth-order valence-electron chi connectivity index (χ4n) is 4.27. The minimum Gasteiger partial charge on any atom is -0.356 e. The summed E-state index contributed by atoms with van der Waals surface area (Å²) in [7, 11) is 0. The predicted molar refractivity (Wildman–Crippen MR) is 115 cm³/mol. The molecule has 1 saturated carbocycles. The molecule has 152 valence electrons. The number of carbonyl (C=O) groups excluding carboxylic acids is 2. The molecule has 0 aromatic carbocycles. The number of piperidine rings is 1. The van der Waals surface area contributed by atoms with Gasteiger partial charge in [-0.2, -0.15) is 0 Å². The number of likely N-dealkylation sites (tertiary alicyclic amines) is 1. The van der Waals surface area contributed by atoms with Crippen LogP contribution in [0.5, 0.6) is 0 Å². The van der Waals surface area contributed by atoms with Crippen LogP contribution >= 0.6 is 11.3 Å². The van der Waals surface area contributed by atoms with E-state index >= 15 is 0 Å². The molecule has 2 aromatic heterocycles. The number of amides is 2. The number of nitrogens with zero attached hydrogens (tertiary/aromatic N) is 2. The maximum atomic E-state index is 12.5. The van der Waals surface area contributed by atoms with Crippen molar-refractivity contribution in [1.82, 2.24) is 15.2 Å². The number of hydrogen-bond donors (Lipinski definition) is 1. The van der Waals surface area contributed by atoms with Gasteiger partial charge in [0.2, 0.25) is 11.8 Å². The Balaban J connectivity index is 1.17. The van der Waals surface area contributed by atoms with Crippen LogP contribution in [0.4, 0.5) is 0 Å². The highest BCUT2D eigenvalue weighted by molar-refractivity contribution is 7.10. The first-order chi connectivity index (χ1) is 14.2. The SMILES string of the molecule is O=C(NCCCc1ccncc1)[C@H]1CC12CCN(C(=O)/C=C/c1cccs1)CC2. The number of hydrogen-bond acceptors (Lipinski definition) is 4. The van der Waals surface area contributed by atoms with Gasteiger partial charge in [0.05, 0.1) is 0 Å². The van der Waals surface area contributed by atoms with Gasteiger partial charge in [-0.3, -0.25) is 14.6 Å². The zero-order chi connectivity index (χ0) is 20.1. The molecule has 0 bridgehead atoms. The normalized spacial score (nSPS) is 20.1. The van der Waals surface area contributed by atoms with E-state index in [0.717, 1.165) is 50.1 Å². The van der Waals surface area contributed by atoms with Crippen molar-refractivity contribution in [3.8, 4) is 0 Å². The predicted octanol–water partition coefficient (Wildman–Crippen LogP) is 3.53. The van der Waals surface area contributed by atoms with Crippen LogP contribution in [0, 0.1) is 11.3 Å². The van der Waals surface area contributed by atoms with E-state index in [1.807, 2.05) is 40.6 Å². The molecule has 4 rings (SSSR count). The second-order valence-corrected chi connectivity index (χ2v) is 9.02. The van der Waals surface area contributed by atoms with Crippen LogP contribution in [-0.4, -0.2) is 41.3 Å². The minimum atomic E-state index is 0.0750. The molecule has 5 nitrogen and oxygen atoms in total. The van der Waals surface area contributed by atoms with E-state index in [1.165, 1.54) is 5.56 Å². The Kier molecular flexibility index (Phi) is 6.09. The number of rotatable bonds is 7. The van der Waals surface area contributed by atoms with Gasteiger partial charge in [-0.05, 0) is 72.7 Å². The maximum Gasteiger partial charge on any atom is 0.246 e. The molecule has 2 amide bonds. The second kappa shape index (κ2) is 8.91. The van der Waals surface area contributed by atoms with Crippen LogP contribution < -0.4 is 5.32 Å². The van der Waals surface area contributed by atoms with Gasteiger partial charge in [-0.1, -0.05) is 6.07 Å². The molecule has 2 aromatic rings. The molecule has 1 atom stereocenters. The molecule has 29 heavy (non-hydrogen) atoms. The summed E-state index contributed by atoms with van der Waals surface area (Å²) in [5, 5.41) is 5.12. The number of thiophene rings is 1. The smallest absolute Gasteiger partial charge is 0.246 e. The first-order valence-corrected chi connectivity index (χ1v) is 11.2. The van der Waals surface area contributed by atoms with E-state index < -0.39 is 0 Å². The number of aromatic nitrogens is 1. The van der Waals surface area contributed by atoms with Gasteiger partial charge in [0, 0.05) is 48.9 Å². The molecule has 6 heteroatoms. The molecule has 2 fully saturated rings. The van der Waals surface area contributed by atoms with Crippen LogP contribution in [0.1, 0.15) is 36.1 Å². The van der Waals surface area contributed by atoms with Crippen LogP contribution in [-0.2, 0) is 16.0 Å². The van der Waals surface area contributed by atoms with Crippen molar-refractivity contribution in [2.45, 2.75) is 32.1 Å². The first-order valence-electron chi connectivity index (χ1n) is 10.3. The molecule has 1 saturated heterocycles. The lowest BCUT2D eigenvalue weighted by molar-refractivity contribution is -0.127. The van der Waals surface area contributed by atoms with Crippen LogP contribution in [0.15, 0.2) is 48.1 Å². The third-order valence-corrected chi connectivity index (χ3v) is 7.04. The summed E-state index contributed by atoms with van der Waals surface area (Å²) in [6, 6.07) is 8.02. The summed E-state index contributed by atoms with van der Waals surface area (Å²) in [4.78, 5) is 31.9. The Bertz CT molecular complexity index is 856. The number of carbonyl (C=O) groups is 2. The molecular formula is C23H27N3O2S. The molecule has 1 N–H and O–H groups in total. The Morgan fingerprint density at radius 3 is 2.76 bits per heavy atom. The van der Waals surface area contributed by atoms with Crippen molar-refractivity contribution in [2.24, 2.45) is 11.3 Å². The fraction of sp³-hybridized carbons (Fsp3) is 0.435. The quantitative estimate of drug-likeness (QED) is 0.562. The largest absolute Gasteiger partial charge is 0.356 e. The van der Waals surface area contributed by atoms with E-state index in [-0.39, 0.29) is 23.1 Å². The van der Waals surface area contributed by atoms with Crippen molar-refractivity contribution in [3.05, 3.63) is 58.6 Å². The third kappa shape index (κ3) is 4.93. The topological polar surface area (TPSA) is 62.3 Å². The standard InChI is InChI=1S/C23H27N3O2S/c27-21(6-5-19-4-2-16-29-19)26-14-9-23(10-15-26)17-20(23)22(28)25-11-1-3-18-7-12-24-13-8-18/h2,4-8,12-13,16,20H,1,3,9-11,14-15,17H2,(H,25,28)/b6-5+/t20-/m1/s1. The van der Waals surface area contributed by atoms with Gasteiger partial charge in [0.15, 0.2) is 0 Å². The number of aryl methyl sites for hydroxylation is 1. The molecule has 1 aliphatic heterocycles. The van der Waals surface area contributed by atoms with E-state index in [1.54, 1.807) is 29.8 Å². The Hall–Kier alpha value is -2.47. The van der Waals surface area contributed by atoms with Gasteiger partial charge in [-0.15, -0.1) is 11.3 Å². The van der Waals surface area contributed by atoms with Crippen molar-refractivity contribution < 1.29 is 9.59 Å². The zero-order valence-corrected chi connectivity index (χ0v) is 17.4. The highest BCUT2D eigenvalue weighted by Gasteiger charge is 2.58. The van der Waals surface area contributed by atoms with E-state index in [2.05, 4.69) is 10.3 Å². The van der Waals surface area contributed by atoms with Gasteiger partial charge in [-0.25, -0.2) is 0 Å². The van der Waals surface area contributed by atoms with E-state index in [0.29, 0.717) is 6.54 Å². The van der Waals surface area contributed by atoms with Crippen LogP contribution in [0.25, 0.3) is 6.08 Å². The van der Waals surface area contributed by atoms with Crippen molar-refractivity contribution in [2.75, 3.05) is 19.6 Å². The lowest BCUT2D eigenvalue weighted by Gasteiger charge is -2.32. The summed E-state index contributed by atoms with van der Waals surface area (Å²) >= 11 is 1.63. The fourth-order valence-corrected chi connectivity index (χ4v) is 4.88. The molecule has 0 unspecified atom stereocenters. The average Bonchev–Trinajstić information content (AvgIpc) is 3.19. The second-order valence-electron chi connectivity index (χ2n) is 8.04. The summed E-state index contributed by atoms with van der Waals surface area (Å²) in [5.74, 6) is 0.394. The van der Waals surface area contributed by atoms with E-state index in [4.69, 9.17) is 0 Å². The van der Waals surface area contributed by atoms with Crippen molar-refractivity contribution >= 4 is 29.2 Å². The van der Waals surface area contributed by atoms with Crippen molar-refractivity contribution in [1.29, 1.82) is 0 Å². The summed E-state index contributed by atoms with van der Waals surface area (Å²) in [5.41, 5.74) is 1.38. The third-order valence-electron chi connectivity index (χ3n) is 6.20. The molecule has 1 spiro atoms. The van der Waals surface area contributed by atoms with Gasteiger partial charge < -0.3 is 10.2 Å². The molecule has 2 aliphatic rings. The Morgan fingerprint density at radius 1 is 1.24 bits per heavy atom. The number of nitrogens with one attached hydrogen (secondary N) is 1. The van der Waals surface area contributed by atoms with Crippen LogP contribution in [0.2, 0.25) is 0 Å². The summed E-state index contributed by atoms with van der Waals surface area (Å²) in [6.45, 7) is 2.21. The lowest BCUT2D eigenvalue weighted by atomic mass is 9.90. The monoisotopic (exact) mass is 409 g/mol. The summed E-state index contributed by atoms with van der Waals surface area (Å²) < 4.78 is 0. The van der Waals surface area contributed by atoms with Gasteiger partial charge >= 0.3 is 0 Å². The van der Waals surface area contributed by atoms with Gasteiger partial charge in [0.25, 0.3) is 0 Å².